The van der Waals surface area contributed by atoms with E-state index in [1.165, 1.54) is 27.1 Å². The van der Waals surface area contributed by atoms with Gasteiger partial charge in [-0.1, -0.05) is 23.8 Å². The summed E-state index contributed by atoms with van der Waals surface area (Å²) in [6.45, 7) is 6.41. The molecule has 1 heterocycles. The molecule has 3 heteroatoms. The minimum absolute atomic E-state index is 0. The van der Waals surface area contributed by atoms with Crippen molar-refractivity contribution < 1.29 is 0 Å². The zero-order chi connectivity index (χ0) is 11.7. The fourth-order valence-electron chi connectivity index (χ4n) is 2.29. The molecule has 0 amide bonds. The molecule has 92 valence electrons. The molecule has 0 spiro atoms. The van der Waals surface area contributed by atoms with Gasteiger partial charge < -0.3 is 5.73 Å². The summed E-state index contributed by atoms with van der Waals surface area (Å²) < 4.78 is 0. The molecule has 0 aliphatic carbocycles. The van der Waals surface area contributed by atoms with E-state index in [9.17, 15) is 0 Å². The molecule has 0 unspecified atom stereocenters. The quantitative estimate of drug-likeness (QED) is 0.869. The van der Waals surface area contributed by atoms with Gasteiger partial charge >= 0.3 is 0 Å². The molecular weight excluding hydrogens is 250 g/mol. The Morgan fingerprint density at radius 1 is 1.12 bits per heavy atom. The highest BCUT2D eigenvalue weighted by Crippen LogP contribution is 2.29. The van der Waals surface area contributed by atoms with Gasteiger partial charge in [0, 0.05) is 4.88 Å². The lowest BCUT2D eigenvalue weighted by atomic mass is 9.94. The molecule has 2 rings (SSSR count). The molecule has 0 saturated heterocycles. The first-order chi connectivity index (χ1) is 7.59. The van der Waals surface area contributed by atoms with Crippen molar-refractivity contribution in [1.29, 1.82) is 0 Å². The lowest BCUT2D eigenvalue weighted by Gasteiger charge is -2.17. The molecule has 0 saturated carbocycles. The van der Waals surface area contributed by atoms with Gasteiger partial charge in [-0.25, -0.2) is 0 Å². The lowest BCUT2D eigenvalue weighted by Crippen LogP contribution is -2.13. The van der Waals surface area contributed by atoms with E-state index < -0.39 is 0 Å². The second-order valence-electron chi connectivity index (χ2n) is 4.31. The van der Waals surface area contributed by atoms with Crippen LogP contribution in [-0.2, 0) is 0 Å². The summed E-state index contributed by atoms with van der Waals surface area (Å²) in [4.78, 5) is 1.23. The van der Waals surface area contributed by atoms with Crippen LogP contribution in [0.4, 0.5) is 0 Å². The van der Waals surface area contributed by atoms with Gasteiger partial charge in [-0.2, -0.15) is 0 Å². The maximum absolute atomic E-state index is 6.32. The molecule has 1 aromatic heterocycles. The third kappa shape index (κ3) is 2.89. The van der Waals surface area contributed by atoms with Crippen LogP contribution in [0, 0.1) is 20.8 Å². The van der Waals surface area contributed by atoms with Crippen LogP contribution in [0.25, 0.3) is 0 Å². The topological polar surface area (TPSA) is 26.0 Å². The highest BCUT2D eigenvalue weighted by atomic mass is 35.5. The molecule has 1 atom stereocenters. The van der Waals surface area contributed by atoms with Crippen molar-refractivity contribution in [2.75, 3.05) is 0 Å². The number of nitrogens with two attached hydrogens (primary N) is 1. The molecule has 2 N–H and O–H groups in total. The fourth-order valence-corrected chi connectivity index (χ4v) is 3.03. The second-order valence-corrected chi connectivity index (χ2v) is 5.28. The SMILES string of the molecule is Cc1cc(C)c([C@H](N)c2cccs2)c(C)c1.Cl. The van der Waals surface area contributed by atoms with E-state index in [-0.39, 0.29) is 18.4 Å². The first-order valence-corrected chi connectivity index (χ1v) is 6.34. The Hall–Kier alpha value is -0.830. The average molecular weight is 268 g/mol. The molecular formula is C14H18ClNS. The number of hydrogen-bond donors (Lipinski definition) is 1. The number of thiophene rings is 1. The third-order valence-corrected chi connectivity index (χ3v) is 3.85. The minimum atomic E-state index is 0. The van der Waals surface area contributed by atoms with E-state index in [1.54, 1.807) is 11.3 Å². The van der Waals surface area contributed by atoms with E-state index in [1.807, 2.05) is 0 Å². The molecule has 0 fully saturated rings. The molecule has 0 aliphatic heterocycles. The molecule has 2 aromatic rings. The van der Waals surface area contributed by atoms with E-state index in [0.29, 0.717) is 0 Å². The summed E-state index contributed by atoms with van der Waals surface area (Å²) in [5.41, 5.74) is 11.5. The third-order valence-electron chi connectivity index (χ3n) is 2.90. The van der Waals surface area contributed by atoms with Crippen molar-refractivity contribution in [1.82, 2.24) is 0 Å². The molecule has 0 bridgehead atoms. The smallest absolute Gasteiger partial charge is 0.0651 e. The zero-order valence-corrected chi connectivity index (χ0v) is 12.0. The predicted molar refractivity (Wildman–Crippen MR) is 78.3 cm³/mol. The van der Waals surface area contributed by atoms with Crippen molar-refractivity contribution in [2.45, 2.75) is 26.8 Å². The van der Waals surface area contributed by atoms with Gasteiger partial charge in [0.15, 0.2) is 0 Å². The average Bonchev–Trinajstić information content (AvgIpc) is 2.67. The Balaban J connectivity index is 0.00000144. The van der Waals surface area contributed by atoms with Crippen molar-refractivity contribution in [3.63, 3.8) is 0 Å². The van der Waals surface area contributed by atoms with Crippen LogP contribution >= 0.6 is 23.7 Å². The highest BCUT2D eigenvalue weighted by molar-refractivity contribution is 7.10. The monoisotopic (exact) mass is 267 g/mol. The number of benzene rings is 1. The molecule has 0 aliphatic rings. The van der Waals surface area contributed by atoms with Gasteiger partial charge in [0.2, 0.25) is 0 Å². The Morgan fingerprint density at radius 2 is 1.71 bits per heavy atom. The Bertz CT molecular complexity index is 468. The first-order valence-electron chi connectivity index (χ1n) is 5.46. The summed E-state index contributed by atoms with van der Waals surface area (Å²) in [6, 6.07) is 8.58. The summed E-state index contributed by atoms with van der Waals surface area (Å²) in [7, 11) is 0. The Morgan fingerprint density at radius 3 is 2.18 bits per heavy atom. The normalized spacial score (nSPS) is 12.0. The van der Waals surface area contributed by atoms with Gasteiger partial charge in [-0.05, 0) is 48.9 Å². The van der Waals surface area contributed by atoms with E-state index in [2.05, 4.69) is 50.4 Å². The van der Waals surface area contributed by atoms with Crippen molar-refractivity contribution in [3.05, 3.63) is 56.8 Å². The fraction of sp³-hybridized carbons (Fsp3) is 0.286. The standard InChI is InChI=1S/C14H17NS.ClH/c1-9-7-10(2)13(11(3)8-9)14(15)12-5-4-6-16-12;/h4-8,14H,15H2,1-3H3;1H/t14-;/m1./s1. The van der Waals surface area contributed by atoms with Gasteiger partial charge in [0.1, 0.15) is 0 Å². The molecule has 1 nitrogen and oxygen atoms in total. The van der Waals surface area contributed by atoms with Crippen LogP contribution < -0.4 is 5.73 Å². The first kappa shape index (κ1) is 14.2. The van der Waals surface area contributed by atoms with Crippen LogP contribution in [0.15, 0.2) is 29.6 Å². The van der Waals surface area contributed by atoms with Crippen LogP contribution in [-0.4, -0.2) is 0 Å². The van der Waals surface area contributed by atoms with Crippen LogP contribution in [0.1, 0.15) is 33.2 Å². The van der Waals surface area contributed by atoms with E-state index in [0.717, 1.165) is 0 Å². The highest BCUT2D eigenvalue weighted by Gasteiger charge is 2.14. The largest absolute Gasteiger partial charge is 0.320 e. The Labute approximate surface area is 113 Å². The van der Waals surface area contributed by atoms with Gasteiger partial charge in [0.05, 0.1) is 6.04 Å². The summed E-state index contributed by atoms with van der Waals surface area (Å²) in [5.74, 6) is 0. The lowest BCUT2D eigenvalue weighted by molar-refractivity contribution is 0.870. The Kier molecular flexibility index (Phi) is 4.75. The van der Waals surface area contributed by atoms with E-state index >= 15 is 0 Å². The van der Waals surface area contributed by atoms with Crippen LogP contribution in [0.2, 0.25) is 0 Å². The van der Waals surface area contributed by atoms with E-state index in [4.69, 9.17) is 5.73 Å². The summed E-state index contributed by atoms with van der Waals surface area (Å²) in [6.07, 6.45) is 0. The number of rotatable bonds is 2. The summed E-state index contributed by atoms with van der Waals surface area (Å²) in [5, 5.41) is 2.08. The minimum Gasteiger partial charge on any atom is -0.320 e. The van der Waals surface area contributed by atoms with Gasteiger partial charge in [0.25, 0.3) is 0 Å². The molecule has 17 heavy (non-hydrogen) atoms. The van der Waals surface area contributed by atoms with Crippen molar-refractivity contribution in [2.24, 2.45) is 5.73 Å². The van der Waals surface area contributed by atoms with Crippen molar-refractivity contribution >= 4 is 23.7 Å². The maximum Gasteiger partial charge on any atom is 0.0651 e. The second kappa shape index (κ2) is 5.67. The maximum atomic E-state index is 6.32. The van der Waals surface area contributed by atoms with Gasteiger partial charge in [-0.3, -0.25) is 0 Å². The number of hydrogen-bond acceptors (Lipinski definition) is 2. The predicted octanol–water partition coefficient (Wildman–Crippen LogP) is 4.14. The number of halogens is 1. The summed E-state index contributed by atoms with van der Waals surface area (Å²) >= 11 is 1.72. The zero-order valence-electron chi connectivity index (χ0n) is 10.4. The van der Waals surface area contributed by atoms with Crippen LogP contribution in [0.5, 0.6) is 0 Å². The number of aryl methyl sites for hydroxylation is 3. The molecule has 1 aromatic carbocycles. The molecule has 0 radical (unpaired) electrons. The van der Waals surface area contributed by atoms with Crippen LogP contribution in [0.3, 0.4) is 0 Å². The van der Waals surface area contributed by atoms with Crippen molar-refractivity contribution in [3.8, 4) is 0 Å². The van der Waals surface area contributed by atoms with Gasteiger partial charge in [-0.15, -0.1) is 23.7 Å².